The first kappa shape index (κ1) is 31.5. The second kappa shape index (κ2) is 16.2. The number of nitrogens with zero attached hydrogens (tertiary/aromatic N) is 4. The first-order chi connectivity index (χ1) is 21.7. The maximum atomic E-state index is 13.2. The molecule has 1 atom stereocenters. The van der Waals surface area contributed by atoms with E-state index in [0.717, 1.165) is 73.6 Å². The van der Waals surface area contributed by atoms with Crippen LogP contribution in [0.1, 0.15) is 99.6 Å². The predicted octanol–water partition coefficient (Wildman–Crippen LogP) is 8.28. The van der Waals surface area contributed by atoms with Crippen molar-refractivity contribution in [3.05, 3.63) is 112 Å². The summed E-state index contributed by atoms with van der Waals surface area (Å²) in [6, 6.07) is 28.9. The summed E-state index contributed by atoms with van der Waals surface area (Å²) in [5, 5.41) is 14.1. The molecule has 6 rings (SSSR count). The number of hydrogen-bond donors (Lipinski definition) is 0. The smallest absolute Gasteiger partial charge is 0.346 e. The van der Waals surface area contributed by atoms with Crippen LogP contribution in [0.4, 0.5) is 0 Å². The first-order valence-corrected chi connectivity index (χ1v) is 16.6. The van der Waals surface area contributed by atoms with Crippen LogP contribution in [-0.2, 0) is 24.2 Å². The molecular formula is C38H46N4O2. The minimum Gasteiger partial charge on any atom is -0.376 e. The van der Waals surface area contributed by atoms with E-state index >= 15 is 0 Å². The number of aryl methyl sites for hydroxylation is 1. The Morgan fingerprint density at radius 1 is 0.886 bits per heavy atom. The molecule has 3 aromatic carbocycles. The molecule has 0 radical (unpaired) electrons. The van der Waals surface area contributed by atoms with E-state index in [4.69, 9.17) is 4.74 Å². The first-order valence-electron chi connectivity index (χ1n) is 16.6. The molecule has 2 aliphatic rings. The molecule has 1 aliphatic heterocycles. The molecule has 4 aromatic rings. The lowest BCUT2D eigenvalue weighted by Gasteiger charge is -2.21. The standard InChI is InChI=1S/C26H30N4O2.C12H16/c1-2-3-11-25-28-30(19-23-9-6-7-16-32-23)26(31)29(25)18-20-12-14-21(15-13-20)24-10-5-4-8-22(24)17-27;1-3-7-11(8-4-1)12-9-5-2-6-10-12/h4-5,8,10,12-15,23H,2-3,6-7,9,11,16,18-19H2,1H3;1,3-4,7-8,12H,2,5-6,9-10H2. The third-order valence-electron chi connectivity index (χ3n) is 8.93. The van der Waals surface area contributed by atoms with Gasteiger partial charge in [-0.3, -0.25) is 4.57 Å². The Morgan fingerprint density at radius 2 is 1.61 bits per heavy atom. The van der Waals surface area contributed by atoms with E-state index in [1.807, 2.05) is 48.5 Å². The normalized spacial score (nSPS) is 17.0. The van der Waals surface area contributed by atoms with Crippen LogP contribution in [0.3, 0.4) is 0 Å². The molecule has 1 unspecified atom stereocenters. The number of hydrogen-bond acceptors (Lipinski definition) is 4. The highest BCUT2D eigenvalue weighted by Gasteiger charge is 2.20. The van der Waals surface area contributed by atoms with Crippen LogP contribution in [0, 0.1) is 11.3 Å². The second-order valence-corrected chi connectivity index (χ2v) is 12.2. The molecule has 2 heterocycles. The van der Waals surface area contributed by atoms with Crippen molar-refractivity contribution in [2.75, 3.05) is 6.61 Å². The lowest BCUT2D eigenvalue weighted by Crippen LogP contribution is -2.32. The van der Waals surface area contributed by atoms with Gasteiger partial charge in [0, 0.05) is 13.0 Å². The van der Waals surface area contributed by atoms with Crippen molar-refractivity contribution >= 4 is 0 Å². The average Bonchev–Trinajstić information content (AvgIpc) is 3.38. The molecule has 0 amide bonds. The fourth-order valence-corrected chi connectivity index (χ4v) is 6.39. The lowest BCUT2D eigenvalue weighted by molar-refractivity contribution is 0.00325. The molecule has 2 fully saturated rings. The van der Waals surface area contributed by atoms with E-state index in [-0.39, 0.29) is 11.8 Å². The van der Waals surface area contributed by atoms with Gasteiger partial charge in [0.2, 0.25) is 0 Å². The number of unbranched alkanes of at least 4 members (excludes halogenated alkanes) is 1. The fraction of sp³-hybridized carbons (Fsp3) is 0.447. The molecule has 1 aliphatic carbocycles. The van der Waals surface area contributed by atoms with Crippen molar-refractivity contribution in [1.82, 2.24) is 14.3 Å². The van der Waals surface area contributed by atoms with Crippen molar-refractivity contribution in [3.63, 3.8) is 0 Å². The maximum absolute atomic E-state index is 13.2. The van der Waals surface area contributed by atoms with Gasteiger partial charge in [-0.2, -0.15) is 10.4 Å². The van der Waals surface area contributed by atoms with Crippen LogP contribution in [0.25, 0.3) is 11.1 Å². The van der Waals surface area contributed by atoms with Crippen molar-refractivity contribution in [1.29, 1.82) is 5.26 Å². The Bertz CT molecular complexity index is 1540. The zero-order valence-corrected chi connectivity index (χ0v) is 26.2. The number of rotatable bonds is 9. The molecule has 0 N–H and O–H groups in total. The summed E-state index contributed by atoms with van der Waals surface area (Å²) in [5.74, 6) is 1.70. The van der Waals surface area contributed by atoms with Gasteiger partial charge in [0.25, 0.3) is 0 Å². The van der Waals surface area contributed by atoms with E-state index in [1.54, 1.807) is 14.8 Å². The lowest BCUT2D eigenvalue weighted by atomic mass is 9.84. The van der Waals surface area contributed by atoms with Gasteiger partial charge in [-0.25, -0.2) is 9.48 Å². The third-order valence-corrected chi connectivity index (χ3v) is 8.93. The summed E-state index contributed by atoms with van der Waals surface area (Å²) >= 11 is 0. The minimum atomic E-state index is -0.0656. The zero-order valence-electron chi connectivity index (χ0n) is 26.2. The summed E-state index contributed by atoms with van der Waals surface area (Å²) in [7, 11) is 0. The highest BCUT2D eigenvalue weighted by Crippen LogP contribution is 2.32. The van der Waals surface area contributed by atoms with E-state index in [9.17, 15) is 10.1 Å². The average molecular weight is 591 g/mol. The molecule has 0 spiro atoms. The molecular weight excluding hydrogens is 544 g/mol. The van der Waals surface area contributed by atoms with Crippen LogP contribution >= 0.6 is 0 Å². The Labute approximate surface area is 262 Å². The summed E-state index contributed by atoms with van der Waals surface area (Å²) in [6.45, 7) is 3.93. The van der Waals surface area contributed by atoms with Crippen LogP contribution in [0.5, 0.6) is 0 Å². The monoisotopic (exact) mass is 590 g/mol. The minimum absolute atomic E-state index is 0.0656. The van der Waals surface area contributed by atoms with Crippen molar-refractivity contribution in [3.8, 4) is 17.2 Å². The third kappa shape index (κ3) is 8.36. The molecule has 1 saturated carbocycles. The Morgan fingerprint density at radius 3 is 2.32 bits per heavy atom. The number of benzene rings is 3. The number of ether oxygens (including phenoxy) is 1. The molecule has 1 aromatic heterocycles. The van der Waals surface area contributed by atoms with Gasteiger partial charge < -0.3 is 4.74 Å². The van der Waals surface area contributed by atoms with Gasteiger partial charge in [0.1, 0.15) is 5.82 Å². The fourth-order valence-electron chi connectivity index (χ4n) is 6.39. The van der Waals surface area contributed by atoms with Crippen LogP contribution in [-0.4, -0.2) is 27.1 Å². The van der Waals surface area contributed by atoms with Gasteiger partial charge in [0.15, 0.2) is 0 Å². The Balaban J connectivity index is 0.000000266. The zero-order chi connectivity index (χ0) is 30.6. The van der Waals surface area contributed by atoms with Crippen molar-refractivity contribution in [2.45, 2.75) is 103 Å². The summed E-state index contributed by atoms with van der Waals surface area (Å²) in [6.07, 6.45) is 13.3. The summed E-state index contributed by atoms with van der Waals surface area (Å²) in [4.78, 5) is 13.2. The van der Waals surface area contributed by atoms with Crippen LogP contribution in [0.2, 0.25) is 0 Å². The largest absolute Gasteiger partial charge is 0.376 e. The summed E-state index contributed by atoms with van der Waals surface area (Å²) < 4.78 is 9.23. The number of nitriles is 1. The summed E-state index contributed by atoms with van der Waals surface area (Å²) in [5.41, 5.74) is 5.10. The molecule has 6 heteroatoms. The van der Waals surface area contributed by atoms with E-state index in [0.29, 0.717) is 18.7 Å². The van der Waals surface area contributed by atoms with Gasteiger partial charge >= 0.3 is 5.69 Å². The van der Waals surface area contributed by atoms with Gasteiger partial charge in [-0.15, -0.1) is 0 Å². The van der Waals surface area contributed by atoms with E-state index < -0.39 is 0 Å². The van der Waals surface area contributed by atoms with Gasteiger partial charge in [0.05, 0.1) is 30.8 Å². The number of aromatic nitrogens is 3. The van der Waals surface area contributed by atoms with Crippen LogP contribution < -0.4 is 5.69 Å². The second-order valence-electron chi connectivity index (χ2n) is 12.2. The van der Waals surface area contributed by atoms with Crippen molar-refractivity contribution < 1.29 is 4.74 Å². The predicted molar refractivity (Wildman–Crippen MR) is 177 cm³/mol. The topological polar surface area (TPSA) is 72.8 Å². The van der Waals surface area contributed by atoms with E-state index in [2.05, 4.69) is 48.4 Å². The highest BCUT2D eigenvalue weighted by atomic mass is 16.5. The molecule has 230 valence electrons. The Hall–Kier alpha value is -3.95. The highest BCUT2D eigenvalue weighted by molar-refractivity contribution is 5.70. The maximum Gasteiger partial charge on any atom is 0.346 e. The quantitative estimate of drug-likeness (QED) is 0.197. The Kier molecular flexibility index (Phi) is 11.6. The SMILES string of the molecule is CCCCc1nn(CC2CCCCO2)c(=O)n1Cc1ccc(-c2ccccc2C#N)cc1.c1ccc(C2CCCCC2)cc1. The van der Waals surface area contributed by atoms with Gasteiger partial charge in [-0.05, 0) is 72.8 Å². The van der Waals surface area contributed by atoms with E-state index in [1.165, 1.54) is 32.1 Å². The van der Waals surface area contributed by atoms with Crippen LogP contribution in [0.15, 0.2) is 83.7 Å². The molecule has 44 heavy (non-hydrogen) atoms. The van der Waals surface area contributed by atoms with Crippen molar-refractivity contribution in [2.24, 2.45) is 0 Å². The molecule has 6 nitrogen and oxygen atoms in total. The molecule has 1 saturated heterocycles. The van der Waals surface area contributed by atoms with Gasteiger partial charge in [-0.1, -0.05) is 105 Å². The molecule has 0 bridgehead atoms.